The summed E-state index contributed by atoms with van der Waals surface area (Å²) in [5.74, 6) is 0.106. The van der Waals surface area contributed by atoms with Crippen molar-refractivity contribution in [3.8, 4) is 0 Å². The van der Waals surface area contributed by atoms with Crippen LogP contribution in [-0.4, -0.2) is 42.1 Å². The maximum absolute atomic E-state index is 11.8. The summed E-state index contributed by atoms with van der Waals surface area (Å²) >= 11 is 0. The van der Waals surface area contributed by atoms with Crippen molar-refractivity contribution in [1.29, 1.82) is 0 Å². The predicted octanol–water partition coefficient (Wildman–Crippen LogP) is 1.39. The second kappa shape index (κ2) is 5.83. The van der Waals surface area contributed by atoms with Gasteiger partial charge in [0.05, 0.1) is 6.42 Å². The van der Waals surface area contributed by atoms with E-state index < -0.39 is 5.60 Å². The molecule has 1 saturated heterocycles. The summed E-state index contributed by atoms with van der Waals surface area (Å²) in [5.41, 5.74) is 5.67. The van der Waals surface area contributed by atoms with Gasteiger partial charge in [0.15, 0.2) is 0 Å². The highest BCUT2D eigenvalue weighted by atomic mass is 16.6. The van der Waals surface area contributed by atoms with E-state index in [0.29, 0.717) is 6.42 Å². The van der Waals surface area contributed by atoms with Gasteiger partial charge < -0.3 is 15.4 Å². The van der Waals surface area contributed by atoms with Crippen LogP contribution in [0.15, 0.2) is 0 Å². The zero-order chi connectivity index (χ0) is 13.1. The van der Waals surface area contributed by atoms with Crippen LogP contribution in [0.25, 0.3) is 0 Å². The van der Waals surface area contributed by atoms with Crippen molar-refractivity contribution in [2.24, 2.45) is 11.7 Å². The smallest absolute Gasteiger partial charge is 0.306 e. The monoisotopic (exact) mass is 242 g/mol. The zero-order valence-electron chi connectivity index (χ0n) is 11.5. The topological polar surface area (TPSA) is 55.6 Å². The Balaban J connectivity index is 2.46. The third-order valence-electron chi connectivity index (χ3n) is 3.17. The molecule has 2 unspecified atom stereocenters. The molecule has 2 N–H and O–H groups in total. The first-order valence-corrected chi connectivity index (χ1v) is 6.51. The molecule has 1 aliphatic heterocycles. The van der Waals surface area contributed by atoms with Crippen LogP contribution < -0.4 is 5.73 Å². The van der Waals surface area contributed by atoms with E-state index in [2.05, 4.69) is 11.8 Å². The second-order valence-corrected chi connectivity index (χ2v) is 5.90. The van der Waals surface area contributed by atoms with Gasteiger partial charge in [0.1, 0.15) is 5.60 Å². The van der Waals surface area contributed by atoms with E-state index >= 15 is 0 Å². The lowest BCUT2D eigenvalue weighted by molar-refractivity contribution is -0.156. The van der Waals surface area contributed by atoms with Crippen LogP contribution >= 0.6 is 0 Å². The second-order valence-electron chi connectivity index (χ2n) is 5.90. The number of nitrogens with zero attached hydrogens (tertiary/aromatic N) is 1. The summed E-state index contributed by atoms with van der Waals surface area (Å²) in [7, 11) is 0. The lowest BCUT2D eigenvalue weighted by Gasteiger charge is -2.36. The Hall–Kier alpha value is -0.610. The molecule has 0 aromatic rings. The first-order chi connectivity index (χ1) is 7.81. The van der Waals surface area contributed by atoms with E-state index in [1.807, 2.05) is 20.8 Å². The molecule has 2 atom stereocenters. The molecule has 0 saturated carbocycles. The summed E-state index contributed by atoms with van der Waals surface area (Å²) in [4.78, 5) is 14.1. The Morgan fingerprint density at radius 3 is 2.65 bits per heavy atom. The van der Waals surface area contributed by atoms with Gasteiger partial charge in [-0.25, -0.2) is 0 Å². The van der Waals surface area contributed by atoms with Crippen LogP contribution in [0, 0.1) is 5.92 Å². The molecule has 0 aromatic heterocycles. The average molecular weight is 242 g/mol. The Morgan fingerprint density at radius 1 is 1.47 bits per heavy atom. The van der Waals surface area contributed by atoms with Crippen LogP contribution in [0.4, 0.5) is 0 Å². The fourth-order valence-corrected chi connectivity index (χ4v) is 2.23. The minimum atomic E-state index is -0.402. The van der Waals surface area contributed by atoms with Gasteiger partial charge in [0, 0.05) is 12.6 Å². The molecule has 0 aliphatic carbocycles. The fourth-order valence-electron chi connectivity index (χ4n) is 2.23. The number of ether oxygens (including phenoxy) is 1. The molecule has 0 amide bonds. The molecular weight excluding hydrogens is 216 g/mol. The first kappa shape index (κ1) is 14.5. The first-order valence-electron chi connectivity index (χ1n) is 6.51. The Labute approximate surface area is 104 Å². The molecule has 0 radical (unpaired) electrons. The summed E-state index contributed by atoms with van der Waals surface area (Å²) < 4.78 is 5.34. The average Bonchev–Trinajstić information content (AvgIpc) is 2.18. The molecule has 0 bridgehead atoms. The van der Waals surface area contributed by atoms with E-state index in [1.165, 1.54) is 0 Å². The van der Waals surface area contributed by atoms with E-state index in [0.717, 1.165) is 26.1 Å². The van der Waals surface area contributed by atoms with Gasteiger partial charge >= 0.3 is 5.97 Å². The number of esters is 1. The number of rotatable bonds is 3. The summed E-state index contributed by atoms with van der Waals surface area (Å²) in [6.07, 6.45) is 1.41. The number of carbonyl (C=O) groups is 1. The van der Waals surface area contributed by atoms with Gasteiger partial charge in [-0.2, -0.15) is 0 Å². The summed E-state index contributed by atoms with van der Waals surface area (Å²) in [6.45, 7) is 10.8. The molecule has 0 aromatic carbocycles. The van der Waals surface area contributed by atoms with Crippen molar-refractivity contribution < 1.29 is 9.53 Å². The summed E-state index contributed by atoms with van der Waals surface area (Å²) in [6, 6.07) is 0.130. The van der Waals surface area contributed by atoms with Crippen LogP contribution in [-0.2, 0) is 9.53 Å². The van der Waals surface area contributed by atoms with Gasteiger partial charge in [-0.3, -0.25) is 4.79 Å². The molecule has 1 heterocycles. The number of hydrogen-bond donors (Lipinski definition) is 1. The molecule has 1 aliphatic rings. The minimum absolute atomic E-state index is 0.129. The molecular formula is C13H26N2O2. The number of likely N-dealkylation sites (tertiary alicyclic amines) is 1. The largest absolute Gasteiger partial charge is 0.460 e. The SMILES string of the molecule is CCN1CCC(N)C(CC(=O)OC(C)(C)C)C1. The third-order valence-corrected chi connectivity index (χ3v) is 3.17. The van der Waals surface area contributed by atoms with E-state index in [-0.39, 0.29) is 17.9 Å². The van der Waals surface area contributed by atoms with Crippen LogP contribution in [0.2, 0.25) is 0 Å². The standard InChI is InChI=1S/C13H26N2O2/c1-5-15-7-6-11(14)10(9-15)8-12(16)17-13(2,3)4/h10-11H,5-9,14H2,1-4H3. The molecule has 4 nitrogen and oxygen atoms in total. The van der Waals surface area contributed by atoms with Crippen LogP contribution in [0.5, 0.6) is 0 Å². The molecule has 1 rings (SSSR count). The van der Waals surface area contributed by atoms with E-state index in [9.17, 15) is 4.79 Å². The van der Waals surface area contributed by atoms with Gasteiger partial charge in [-0.1, -0.05) is 6.92 Å². The maximum Gasteiger partial charge on any atom is 0.306 e. The fraction of sp³-hybridized carbons (Fsp3) is 0.923. The quantitative estimate of drug-likeness (QED) is 0.760. The maximum atomic E-state index is 11.8. The lowest BCUT2D eigenvalue weighted by atomic mass is 9.90. The number of hydrogen-bond acceptors (Lipinski definition) is 4. The normalized spacial score (nSPS) is 26.9. The molecule has 17 heavy (non-hydrogen) atoms. The van der Waals surface area contributed by atoms with E-state index in [4.69, 9.17) is 10.5 Å². The van der Waals surface area contributed by atoms with Crippen molar-refractivity contribution in [2.45, 2.75) is 52.2 Å². The van der Waals surface area contributed by atoms with Crippen LogP contribution in [0.1, 0.15) is 40.5 Å². The lowest BCUT2D eigenvalue weighted by Crippen LogP contribution is -2.48. The van der Waals surface area contributed by atoms with Crippen molar-refractivity contribution in [1.82, 2.24) is 4.90 Å². The van der Waals surface area contributed by atoms with Crippen molar-refractivity contribution in [3.05, 3.63) is 0 Å². The highest BCUT2D eigenvalue weighted by Crippen LogP contribution is 2.20. The predicted molar refractivity (Wildman–Crippen MR) is 68.7 cm³/mol. The van der Waals surface area contributed by atoms with E-state index in [1.54, 1.807) is 0 Å². The van der Waals surface area contributed by atoms with Crippen molar-refractivity contribution >= 4 is 5.97 Å². The minimum Gasteiger partial charge on any atom is -0.460 e. The van der Waals surface area contributed by atoms with Gasteiger partial charge in [-0.05, 0) is 46.2 Å². The Morgan fingerprint density at radius 2 is 2.12 bits per heavy atom. The Bertz CT molecular complexity index is 261. The third kappa shape index (κ3) is 5.04. The Kier molecular flexibility index (Phi) is 4.95. The molecule has 0 spiro atoms. The van der Waals surface area contributed by atoms with Gasteiger partial charge in [-0.15, -0.1) is 0 Å². The van der Waals surface area contributed by atoms with Gasteiger partial charge in [0.25, 0.3) is 0 Å². The highest BCUT2D eigenvalue weighted by Gasteiger charge is 2.29. The van der Waals surface area contributed by atoms with Gasteiger partial charge in [0.2, 0.25) is 0 Å². The molecule has 1 fully saturated rings. The molecule has 100 valence electrons. The number of piperidine rings is 1. The van der Waals surface area contributed by atoms with Crippen LogP contribution in [0.3, 0.4) is 0 Å². The molecule has 4 heteroatoms. The highest BCUT2D eigenvalue weighted by molar-refractivity contribution is 5.70. The number of nitrogens with two attached hydrogens (primary N) is 1. The summed E-state index contributed by atoms with van der Waals surface area (Å²) in [5, 5.41) is 0. The van der Waals surface area contributed by atoms with Crippen molar-refractivity contribution in [3.63, 3.8) is 0 Å². The number of carbonyl (C=O) groups excluding carboxylic acids is 1. The zero-order valence-corrected chi connectivity index (χ0v) is 11.5. The van der Waals surface area contributed by atoms with Crippen molar-refractivity contribution in [2.75, 3.05) is 19.6 Å².